The van der Waals surface area contributed by atoms with Crippen molar-refractivity contribution >= 4 is 72.1 Å². The summed E-state index contributed by atoms with van der Waals surface area (Å²) in [6.45, 7) is 0. The summed E-state index contributed by atoms with van der Waals surface area (Å²) in [6, 6.07) is 12.4. The van der Waals surface area contributed by atoms with Crippen molar-refractivity contribution in [3.05, 3.63) is 53.3 Å². The third-order valence-electron chi connectivity index (χ3n) is 3.17. The molecule has 6 nitrogen and oxygen atoms in total. The first-order valence-electron chi connectivity index (χ1n) is 6.58. The summed E-state index contributed by atoms with van der Waals surface area (Å²) in [6.07, 6.45) is 1.39. The van der Waals surface area contributed by atoms with Gasteiger partial charge in [0.05, 0.1) is 18.2 Å². The van der Waals surface area contributed by atoms with Crippen LogP contribution in [0.25, 0.3) is 10.8 Å². The number of benzene rings is 2. The van der Waals surface area contributed by atoms with Gasteiger partial charge in [0.15, 0.2) is 0 Å². The molecule has 0 aliphatic heterocycles. The van der Waals surface area contributed by atoms with E-state index < -0.39 is 10.0 Å². The summed E-state index contributed by atoms with van der Waals surface area (Å²) in [4.78, 5) is 8.22. The van der Waals surface area contributed by atoms with Crippen molar-refractivity contribution in [3.63, 3.8) is 0 Å². The number of fused-ring (bicyclic) bond motifs is 1. The van der Waals surface area contributed by atoms with E-state index in [-0.39, 0.29) is 46.2 Å². The predicted molar refractivity (Wildman–Crippen MR) is 98.2 cm³/mol. The molecule has 0 radical (unpaired) electrons. The molecule has 9 heteroatoms. The van der Waals surface area contributed by atoms with Crippen LogP contribution < -0.4 is 9.46 Å². The fraction of sp³-hybridized carbons (Fsp3) is 0.0667. The first kappa shape index (κ1) is 19.1. The van der Waals surface area contributed by atoms with Gasteiger partial charge in [-0.1, -0.05) is 36.4 Å². The zero-order valence-electron chi connectivity index (χ0n) is 12.0. The number of methoxy groups -OCH3 is 1. The maximum absolute atomic E-state index is 12.7. The molecule has 1 aromatic heterocycles. The van der Waals surface area contributed by atoms with Crippen molar-refractivity contribution in [2.24, 2.45) is 0 Å². The minimum atomic E-state index is -3.83. The average molecular weight is 418 g/mol. The average Bonchev–Trinajstić information content (AvgIpc) is 2.55. The monoisotopic (exact) mass is 417 g/mol. The Labute approximate surface area is 170 Å². The van der Waals surface area contributed by atoms with Crippen LogP contribution in [0.2, 0.25) is 0 Å². The second-order valence-electron chi connectivity index (χ2n) is 4.63. The molecule has 0 aliphatic rings. The second kappa shape index (κ2) is 7.79. The van der Waals surface area contributed by atoms with Gasteiger partial charge in [-0.05, 0) is 27.4 Å². The zero-order chi connectivity index (χ0) is 16.4. The van der Waals surface area contributed by atoms with E-state index in [1.807, 2.05) is 18.2 Å². The normalized spacial score (nSPS) is 10.9. The van der Waals surface area contributed by atoms with Crippen LogP contribution in [0.3, 0.4) is 0 Å². The summed E-state index contributed by atoms with van der Waals surface area (Å²) >= 11 is 3.16. The van der Waals surface area contributed by atoms with Gasteiger partial charge in [-0.25, -0.2) is 18.4 Å². The van der Waals surface area contributed by atoms with E-state index in [2.05, 4.69) is 30.6 Å². The number of anilines is 1. The summed E-state index contributed by atoms with van der Waals surface area (Å²) in [7, 11) is -2.44. The van der Waals surface area contributed by atoms with E-state index in [9.17, 15) is 8.42 Å². The fourth-order valence-corrected chi connectivity index (χ4v) is 3.68. The maximum atomic E-state index is 12.7. The number of halogens is 1. The Balaban J connectivity index is 0.00000208. The third-order valence-corrected chi connectivity index (χ3v) is 4.95. The van der Waals surface area contributed by atoms with Crippen LogP contribution in [0, 0.1) is 0 Å². The van der Waals surface area contributed by atoms with E-state index in [0.717, 1.165) is 5.39 Å². The van der Waals surface area contributed by atoms with Gasteiger partial charge in [0.2, 0.25) is 5.82 Å². The van der Waals surface area contributed by atoms with Gasteiger partial charge in [-0.2, -0.15) is 0 Å². The van der Waals surface area contributed by atoms with Crippen molar-refractivity contribution in [1.82, 2.24) is 9.97 Å². The number of rotatable bonds is 4. The molecule has 0 fully saturated rings. The number of hydrogen-bond acceptors (Lipinski definition) is 5. The van der Waals surface area contributed by atoms with E-state index in [0.29, 0.717) is 9.99 Å². The molecule has 0 unspecified atom stereocenters. The Morgan fingerprint density at radius 2 is 1.83 bits per heavy atom. The Morgan fingerprint density at radius 3 is 2.58 bits per heavy atom. The standard InChI is InChI=1S/C15H12BrN3O3S.Na.H/c1-22-15-14(17-9-13(16)18-15)19-23(20,21)12-8-4-6-10-5-2-3-7-11(10)12;;/h2-9H,1H3,(H,17,19);;. The van der Waals surface area contributed by atoms with Gasteiger partial charge in [0.1, 0.15) is 4.60 Å². The van der Waals surface area contributed by atoms with E-state index in [4.69, 9.17) is 4.74 Å². The van der Waals surface area contributed by atoms with Gasteiger partial charge in [-0.15, -0.1) is 0 Å². The van der Waals surface area contributed by atoms with Crippen molar-refractivity contribution in [2.45, 2.75) is 4.90 Å². The Kier molecular flexibility index (Phi) is 6.22. The fourth-order valence-electron chi connectivity index (χ4n) is 2.18. The molecular weight excluding hydrogens is 405 g/mol. The molecule has 0 spiro atoms. The molecule has 3 rings (SSSR count). The number of nitrogens with zero attached hydrogens (tertiary/aromatic N) is 2. The predicted octanol–water partition coefficient (Wildman–Crippen LogP) is 2.55. The SMILES string of the molecule is COc1nc(Br)cnc1NS(=O)(=O)c1cccc2ccccc12.[NaH]. The quantitative estimate of drug-likeness (QED) is 0.659. The molecular formula is C15H13BrN3NaO3S. The zero-order valence-corrected chi connectivity index (χ0v) is 14.4. The number of ether oxygens (including phenoxy) is 1. The summed E-state index contributed by atoms with van der Waals surface area (Å²) in [5.74, 6) is 0.117. The number of sulfonamides is 1. The number of aromatic nitrogens is 2. The first-order chi connectivity index (χ1) is 11.0. The van der Waals surface area contributed by atoms with Crippen LogP contribution in [0.15, 0.2) is 58.2 Å². The van der Waals surface area contributed by atoms with Gasteiger partial charge in [0, 0.05) is 5.39 Å². The van der Waals surface area contributed by atoms with E-state index in [1.54, 1.807) is 24.3 Å². The van der Waals surface area contributed by atoms with Gasteiger partial charge in [-0.3, -0.25) is 4.72 Å². The van der Waals surface area contributed by atoms with Gasteiger partial charge in [0.25, 0.3) is 15.9 Å². The van der Waals surface area contributed by atoms with Crippen molar-refractivity contribution < 1.29 is 13.2 Å². The molecule has 0 amide bonds. The first-order valence-corrected chi connectivity index (χ1v) is 8.86. The topological polar surface area (TPSA) is 81.2 Å². The van der Waals surface area contributed by atoms with Crippen LogP contribution in [0.4, 0.5) is 5.82 Å². The Bertz CT molecular complexity index is 977. The molecule has 1 heterocycles. The summed E-state index contributed by atoms with van der Waals surface area (Å²) < 4.78 is 33.4. The molecule has 3 aromatic rings. The van der Waals surface area contributed by atoms with Crippen molar-refractivity contribution in [2.75, 3.05) is 11.8 Å². The molecule has 120 valence electrons. The molecule has 0 saturated heterocycles. The Morgan fingerprint density at radius 1 is 1.12 bits per heavy atom. The third kappa shape index (κ3) is 3.89. The molecule has 1 N–H and O–H groups in total. The van der Waals surface area contributed by atoms with E-state index in [1.165, 1.54) is 13.3 Å². The van der Waals surface area contributed by atoms with Crippen molar-refractivity contribution in [1.29, 1.82) is 0 Å². The van der Waals surface area contributed by atoms with Crippen LogP contribution in [-0.4, -0.2) is 55.1 Å². The Hall–Kier alpha value is -1.19. The summed E-state index contributed by atoms with van der Waals surface area (Å²) in [5, 5.41) is 1.47. The molecule has 0 aliphatic carbocycles. The molecule has 24 heavy (non-hydrogen) atoms. The molecule has 0 atom stereocenters. The molecule has 2 aromatic carbocycles. The number of nitrogens with one attached hydrogen (secondary N) is 1. The van der Waals surface area contributed by atoms with Gasteiger partial charge < -0.3 is 4.74 Å². The molecule has 0 saturated carbocycles. The van der Waals surface area contributed by atoms with E-state index >= 15 is 0 Å². The van der Waals surface area contributed by atoms with Crippen LogP contribution >= 0.6 is 15.9 Å². The van der Waals surface area contributed by atoms with Crippen LogP contribution in [0.5, 0.6) is 5.88 Å². The molecule has 0 bridgehead atoms. The number of hydrogen-bond donors (Lipinski definition) is 1. The van der Waals surface area contributed by atoms with Gasteiger partial charge >= 0.3 is 29.6 Å². The summed E-state index contributed by atoms with van der Waals surface area (Å²) in [5.41, 5.74) is 0. The minimum absolute atomic E-state index is 0. The van der Waals surface area contributed by atoms with Crippen LogP contribution in [0.1, 0.15) is 0 Å². The second-order valence-corrected chi connectivity index (χ2v) is 7.10. The van der Waals surface area contributed by atoms with Crippen molar-refractivity contribution in [3.8, 4) is 5.88 Å². The van der Waals surface area contributed by atoms with Crippen LogP contribution in [-0.2, 0) is 10.0 Å².